The second-order valence-electron chi connectivity index (χ2n) is 20.7. The number of aryl methyl sites for hydroxylation is 10. The Bertz CT molecular complexity index is 2340. The predicted octanol–water partition coefficient (Wildman–Crippen LogP) is 18.3. The van der Waals surface area contributed by atoms with Crippen LogP contribution in [0.25, 0.3) is 22.3 Å². The molecule has 0 nitrogen and oxygen atoms in total. The SMILES string of the molecule is Cc1ccc(-c2ccc(CCCCc3cc(C)c(C4CCC(C)CC4)cc3C)cc2)cc1.Cc1ccc(CCCCc2ccc(-c3cc(C)c(C4CCC(C)CC4)cc3C)cc2)cc1. The third-order valence-corrected chi connectivity index (χ3v) is 15.3. The van der Waals surface area contributed by atoms with E-state index in [1.54, 1.807) is 16.7 Å². The van der Waals surface area contributed by atoms with E-state index in [4.69, 9.17) is 0 Å². The van der Waals surface area contributed by atoms with Crippen molar-refractivity contribution in [3.63, 3.8) is 0 Å². The molecule has 2 aliphatic carbocycles. The van der Waals surface area contributed by atoms with Crippen LogP contribution in [-0.2, 0) is 25.7 Å². The quantitative estimate of drug-likeness (QED) is 0.0958. The standard InChI is InChI=1S/2C32H40/c1-23-9-15-28(16-10-23)29-19-13-27(14-20-29)7-5-6-8-31-21-26(4)32(22-25(31)3)30-17-11-24(2)12-18-30;1-23-9-13-27(14-10-23)7-5-6-8-28-15-19-30(20-16-28)32-22-25(3)31(21-26(32)4)29-17-11-24(2)12-18-29/h9-10,13-16,19-22,24,30H,5-8,11-12,17-18H2,1-4H3;9-10,13-16,19-22,24,29H,5-8,11-12,17-18H2,1-4H3. The summed E-state index contributed by atoms with van der Waals surface area (Å²) in [6.45, 7) is 18.4. The van der Waals surface area contributed by atoms with Gasteiger partial charge in [-0.1, -0.05) is 172 Å². The maximum atomic E-state index is 2.52. The molecule has 0 amide bonds. The zero-order valence-corrected chi connectivity index (χ0v) is 41.2. The summed E-state index contributed by atoms with van der Waals surface area (Å²) in [4.78, 5) is 0. The van der Waals surface area contributed by atoms with E-state index in [0.29, 0.717) is 0 Å². The van der Waals surface area contributed by atoms with Gasteiger partial charge in [-0.2, -0.15) is 0 Å². The summed E-state index contributed by atoms with van der Waals surface area (Å²) in [6.07, 6.45) is 20.8. The molecule has 6 aromatic carbocycles. The Balaban J connectivity index is 0.000000191. The lowest BCUT2D eigenvalue weighted by atomic mass is 9.77. The van der Waals surface area contributed by atoms with Crippen molar-refractivity contribution in [2.45, 2.75) is 170 Å². The topological polar surface area (TPSA) is 0 Å². The summed E-state index contributed by atoms with van der Waals surface area (Å²) in [6, 6.07) is 46.3. The summed E-state index contributed by atoms with van der Waals surface area (Å²) in [7, 11) is 0. The lowest BCUT2D eigenvalue weighted by Gasteiger charge is -2.28. The van der Waals surface area contributed by atoms with Crippen molar-refractivity contribution in [1.29, 1.82) is 0 Å². The normalized spacial score (nSPS) is 18.6. The minimum atomic E-state index is 0.765. The molecule has 336 valence electrons. The maximum Gasteiger partial charge on any atom is -0.0152 e. The van der Waals surface area contributed by atoms with E-state index in [1.165, 1.54) is 175 Å². The van der Waals surface area contributed by atoms with Gasteiger partial charge in [0, 0.05) is 0 Å². The molecule has 64 heavy (non-hydrogen) atoms. The van der Waals surface area contributed by atoms with Crippen molar-refractivity contribution in [3.8, 4) is 22.3 Å². The van der Waals surface area contributed by atoms with Crippen LogP contribution in [0, 0.1) is 53.4 Å². The minimum Gasteiger partial charge on any atom is -0.0625 e. The fourth-order valence-electron chi connectivity index (χ4n) is 10.9. The molecule has 0 saturated heterocycles. The molecule has 2 fully saturated rings. The van der Waals surface area contributed by atoms with Gasteiger partial charge in [0.05, 0.1) is 0 Å². The molecule has 2 aliphatic rings. The monoisotopic (exact) mass is 849 g/mol. The molecule has 0 spiro atoms. The molecule has 0 aliphatic heterocycles. The van der Waals surface area contributed by atoms with Crippen LogP contribution in [0.15, 0.2) is 121 Å². The zero-order valence-electron chi connectivity index (χ0n) is 41.2. The highest BCUT2D eigenvalue weighted by molar-refractivity contribution is 5.69. The molecular weight excluding hydrogens is 769 g/mol. The summed E-state index contributed by atoms with van der Waals surface area (Å²) in [5.41, 5.74) is 23.1. The van der Waals surface area contributed by atoms with E-state index in [1.807, 2.05) is 0 Å². The first-order valence-corrected chi connectivity index (χ1v) is 25.5. The van der Waals surface area contributed by atoms with Gasteiger partial charge in [0.25, 0.3) is 0 Å². The summed E-state index contributed by atoms with van der Waals surface area (Å²) >= 11 is 0. The zero-order chi connectivity index (χ0) is 45.0. The number of rotatable bonds is 14. The summed E-state index contributed by atoms with van der Waals surface area (Å²) in [5.74, 6) is 3.39. The van der Waals surface area contributed by atoms with E-state index in [-0.39, 0.29) is 0 Å². The highest BCUT2D eigenvalue weighted by atomic mass is 14.3. The van der Waals surface area contributed by atoms with Gasteiger partial charge in [-0.25, -0.2) is 0 Å². The van der Waals surface area contributed by atoms with Crippen LogP contribution in [0.3, 0.4) is 0 Å². The van der Waals surface area contributed by atoms with E-state index in [9.17, 15) is 0 Å². The Labute approximate surface area is 390 Å². The molecule has 0 heterocycles. The van der Waals surface area contributed by atoms with Gasteiger partial charge >= 0.3 is 0 Å². The van der Waals surface area contributed by atoms with Crippen LogP contribution >= 0.6 is 0 Å². The summed E-state index contributed by atoms with van der Waals surface area (Å²) in [5, 5.41) is 0. The van der Waals surface area contributed by atoms with Gasteiger partial charge < -0.3 is 0 Å². The highest BCUT2D eigenvalue weighted by Crippen LogP contribution is 2.40. The molecule has 0 unspecified atom stereocenters. The first kappa shape index (κ1) is 47.3. The molecular formula is C64H80. The van der Waals surface area contributed by atoms with Crippen molar-refractivity contribution in [3.05, 3.63) is 188 Å². The Morgan fingerprint density at radius 3 is 1.17 bits per heavy atom. The van der Waals surface area contributed by atoms with Gasteiger partial charge in [-0.15, -0.1) is 0 Å². The average Bonchev–Trinajstić information content (AvgIpc) is 3.30. The van der Waals surface area contributed by atoms with Gasteiger partial charge in [0.15, 0.2) is 0 Å². The minimum absolute atomic E-state index is 0.765. The van der Waals surface area contributed by atoms with E-state index in [2.05, 4.69) is 177 Å². The average molecular weight is 849 g/mol. The number of hydrogen-bond donors (Lipinski definition) is 0. The molecule has 0 heteroatoms. The van der Waals surface area contributed by atoms with Crippen molar-refractivity contribution < 1.29 is 0 Å². The molecule has 0 radical (unpaired) electrons. The Kier molecular flexibility index (Phi) is 17.0. The number of benzene rings is 6. The number of unbranched alkanes of at least 4 members (excludes halogenated alkanes) is 2. The molecule has 0 bridgehead atoms. The van der Waals surface area contributed by atoms with Gasteiger partial charge in [-0.05, 0) is 220 Å². The van der Waals surface area contributed by atoms with Crippen molar-refractivity contribution >= 4 is 0 Å². The van der Waals surface area contributed by atoms with Crippen molar-refractivity contribution in [1.82, 2.24) is 0 Å². The highest BCUT2D eigenvalue weighted by Gasteiger charge is 2.23. The molecule has 0 N–H and O–H groups in total. The first-order valence-electron chi connectivity index (χ1n) is 25.5. The van der Waals surface area contributed by atoms with Crippen molar-refractivity contribution in [2.75, 3.05) is 0 Å². The summed E-state index contributed by atoms with van der Waals surface area (Å²) < 4.78 is 0. The fraction of sp³-hybridized carbons (Fsp3) is 0.438. The maximum absolute atomic E-state index is 2.52. The molecule has 6 aromatic rings. The van der Waals surface area contributed by atoms with Gasteiger partial charge in [0.1, 0.15) is 0 Å². The van der Waals surface area contributed by atoms with Crippen LogP contribution in [0.5, 0.6) is 0 Å². The number of hydrogen-bond acceptors (Lipinski definition) is 0. The molecule has 0 atom stereocenters. The molecule has 2 saturated carbocycles. The second-order valence-corrected chi connectivity index (χ2v) is 20.7. The fourth-order valence-corrected chi connectivity index (χ4v) is 10.9. The van der Waals surface area contributed by atoms with Gasteiger partial charge in [-0.3, -0.25) is 0 Å². The smallest absolute Gasteiger partial charge is 0.0152 e. The Morgan fingerprint density at radius 2 is 0.703 bits per heavy atom. The largest absolute Gasteiger partial charge is 0.0625 e. The van der Waals surface area contributed by atoms with E-state index in [0.717, 1.165) is 23.7 Å². The van der Waals surface area contributed by atoms with Crippen molar-refractivity contribution in [2.24, 2.45) is 11.8 Å². The molecule has 8 rings (SSSR count). The van der Waals surface area contributed by atoms with Crippen LogP contribution in [0.4, 0.5) is 0 Å². The van der Waals surface area contributed by atoms with Crippen LogP contribution < -0.4 is 0 Å². The predicted molar refractivity (Wildman–Crippen MR) is 279 cm³/mol. The van der Waals surface area contributed by atoms with E-state index >= 15 is 0 Å². The van der Waals surface area contributed by atoms with Crippen LogP contribution in [0.2, 0.25) is 0 Å². The first-order chi connectivity index (χ1) is 31.0. The lowest BCUT2D eigenvalue weighted by Crippen LogP contribution is -2.12. The Morgan fingerprint density at radius 1 is 0.344 bits per heavy atom. The Hall–Kier alpha value is -4.68. The third-order valence-electron chi connectivity index (χ3n) is 15.3. The van der Waals surface area contributed by atoms with Crippen LogP contribution in [-0.4, -0.2) is 0 Å². The second kappa shape index (κ2) is 23.0. The van der Waals surface area contributed by atoms with Crippen LogP contribution in [0.1, 0.15) is 169 Å². The third kappa shape index (κ3) is 13.2. The molecule has 0 aromatic heterocycles. The van der Waals surface area contributed by atoms with E-state index < -0.39 is 0 Å². The lowest BCUT2D eigenvalue weighted by molar-refractivity contribution is 0.347. The van der Waals surface area contributed by atoms with Gasteiger partial charge in [0.2, 0.25) is 0 Å².